The van der Waals surface area contributed by atoms with Gasteiger partial charge >= 0.3 is 6.03 Å². The molecular weight excluding hydrogens is 262 g/mol. The largest absolute Gasteiger partial charge is 0.331 e. The number of amides is 3. The quantitative estimate of drug-likeness (QED) is 0.626. The summed E-state index contributed by atoms with van der Waals surface area (Å²) in [4.78, 5) is 37.1. The number of nitro groups is 1. The van der Waals surface area contributed by atoms with Crippen LogP contribution in [0.5, 0.6) is 0 Å². The molecule has 1 aromatic carbocycles. The number of carbonyl (C=O) groups is 2. The third-order valence-electron chi connectivity index (χ3n) is 3.35. The number of carbonyl (C=O) groups excluding carboxylic acids is 2. The van der Waals surface area contributed by atoms with E-state index in [0.717, 1.165) is 4.90 Å². The van der Waals surface area contributed by atoms with Gasteiger partial charge in [-0.2, -0.15) is 0 Å². The van der Waals surface area contributed by atoms with Crippen molar-refractivity contribution in [2.24, 2.45) is 0 Å². The fourth-order valence-electron chi connectivity index (χ4n) is 2.30. The molecule has 2 rings (SSSR count). The van der Waals surface area contributed by atoms with E-state index in [0.29, 0.717) is 12.2 Å². The second kappa shape index (κ2) is 5.28. The van der Waals surface area contributed by atoms with Crippen molar-refractivity contribution in [3.8, 4) is 0 Å². The predicted molar refractivity (Wildman–Crippen MR) is 72.4 cm³/mol. The monoisotopic (exact) mass is 277 g/mol. The van der Waals surface area contributed by atoms with Crippen LogP contribution in [0.15, 0.2) is 24.3 Å². The number of hydrogen-bond acceptors (Lipinski definition) is 4. The van der Waals surface area contributed by atoms with Crippen molar-refractivity contribution in [3.05, 3.63) is 34.4 Å². The SMILES string of the molecule is CCN1C(=O)N(c2ccc([N+](=O)[O-])cc2)C(=O)CC1C. The molecule has 1 unspecified atom stereocenters. The summed E-state index contributed by atoms with van der Waals surface area (Å²) >= 11 is 0. The molecule has 0 radical (unpaired) electrons. The third-order valence-corrected chi connectivity index (χ3v) is 3.35. The van der Waals surface area contributed by atoms with Crippen LogP contribution in [0.2, 0.25) is 0 Å². The van der Waals surface area contributed by atoms with Gasteiger partial charge in [-0.05, 0) is 26.0 Å². The van der Waals surface area contributed by atoms with Crippen molar-refractivity contribution in [1.29, 1.82) is 0 Å². The second-order valence-electron chi connectivity index (χ2n) is 4.62. The summed E-state index contributed by atoms with van der Waals surface area (Å²) in [7, 11) is 0. The Morgan fingerprint density at radius 3 is 2.40 bits per heavy atom. The second-order valence-corrected chi connectivity index (χ2v) is 4.62. The zero-order valence-corrected chi connectivity index (χ0v) is 11.3. The van der Waals surface area contributed by atoms with Crippen LogP contribution in [-0.4, -0.2) is 34.3 Å². The lowest BCUT2D eigenvalue weighted by molar-refractivity contribution is -0.384. The summed E-state index contributed by atoms with van der Waals surface area (Å²) in [6.45, 7) is 4.18. The molecule has 7 heteroatoms. The minimum atomic E-state index is -0.524. The first kappa shape index (κ1) is 14.0. The fraction of sp³-hybridized carbons (Fsp3) is 0.385. The Hall–Kier alpha value is -2.44. The zero-order chi connectivity index (χ0) is 14.9. The molecule has 1 aromatic rings. The summed E-state index contributed by atoms with van der Waals surface area (Å²) in [5, 5.41) is 10.6. The topological polar surface area (TPSA) is 83.8 Å². The lowest BCUT2D eigenvalue weighted by Crippen LogP contribution is -2.56. The molecule has 0 saturated carbocycles. The number of rotatable bonds is 3. The van der Waals surface area contributed by atoms with Crippen LogP contribution < -0.4 is 4.90 Å². The van der Waals surface area contributed by atoms with Crippen molar-refractivity contribution in [3.63, 3.8) is 0 Å². The zero-order valence-electron chi connectivity index (χ0n) is 11.3. The summed E-state index contributed by atoms with van der Waals surface area (Å²) in [6.07, 6.45) is 0.247. The normalized spacial score (nSPS) is 19.4. The average molecular weight is 277 g/mol. The van der Waals surface area contributed by atoms with Crippen LogP contribution >= 0.6 is 0 Å². The van der Waals surface area contributed by atoms with E-state index in [1.54, 1.807) is 4.90 Å². The number of anilines is 1. The van der Waals surface area contributed by atoms with E-state index in [9.17, 15) is 19.7 Å². The predicted octanol–water partition coefficient (Wildman–Crippen LogP) is 2.16. The van der Waals surface area contributed by atoms with Gasteiger partial charge in [0.25, 0.3) is 5.69 Å². The van der Waals surface area contributed by atoms with E-state index in [4.69, 9.17) is 0 Å². The fourth-order valence-corrected chi connectivity index (χ4v) is 2.30. The van der Waals surface area contributed by atoms with Crippen molar-refractivity contribution < 1.29 is 14.5 Å². The number of nitrogens with zero attached hydrogens (tertiary/aromatic N) is 3. The maximum atomic E-state index is 12.3. The molecule has 1 aliphatic heterocycles. The summed E-state index contributed by atoms with van der Waals surface area (Å²) in [5.41, 5.74) is 0.280. The summed E-state index contributed by atoms with van der Waals surface area (Å²) < 4.78 is 0. The Balaban J connectivity index is 2.32. The van der Waals surface area contributed by atoms with Crippen LogP contribution in [0.3, 0.4) is 0 Å². The molecule has 20 heavy (non-hydrogen) atoms. The highest BCUT2D eigenvalue weighted by molar-refractivity contribution is 6.16. The Morgan fingerprint density at radius 1 is 1.30 bits per heavy atom. The number of benzene rings is 1. The van der Waals surface area contributed by atoms with E-state index in [1.165, 1.54) is 24.3 Å². The van der Waals surface area contributed by atoms with Gasteiger partial charge in [0, 0.05) is 31.1 Å². The number of nitro benzene ring substituents is 1. The van der Waals surface area contributed by atoms with E-state index in [2.05, 4.69) is 0 Å². The first-order valence-electron chi connectivity index (χ1n) is 6.33. The standard InChI is InChI=1S/C13H15N3O4/c1-3-14-9(2)8-12(17)15(13(14)18)10-4-6-11(7-5-10)16(19)20/h4-7,9H,3,8H2,1-2H3. The van der Waals surface area contributed by atoms with Gasteiger partial charge in [0.1, 0.15) is 0 Å². The van der Waals surface area contributed by atoms with E-state index >= 15 is 0 Å². The van der Waals surface area contributed by atoms with Gasteiger partial charge in [0.2, 0.25) is 5.91 Å². The van der Waals surface area contributed by atoms with E-state index in [-0.39, 0.29) is 30.1 Å². The molecule has 106 valence electrons. The lowest BCUT2D eigenvalue weighted by atomic mass is 10.1. The lowest BCUT2D eigenvalue weighted by Gasteiger charge is -2.38. The Labute approximate surface area is 115 Å². The highest BCUT2D eigenvalue weighted by Gasteiger charge is 2.36. The average Bonchev–Trinajstić information content (AvgIpc) is 2.39. The number of urea groups is 1. The van der Waals surface area contributed by atoms with Gasteiger partial charge in [0.05, 0.1) is 10.6 Å². The van der Waals surface area contributed by atoms with Gasteiger partial charge in [-0.1, -0.05) is 0 Å². The highest BCUT2D eigenvalue weighted by Crippen LogP contribution is 2.25. The van der Waals surface area contributed by atoms with Crippen molar-refractivity contribution in [2.75, 3.05) is 11.4 Å². The maximum absolute atomic E-state index is 12.3. The van der Waals surface area contributed by atoms with Crippen LogP contribution in [0.1, 0.15) is 20.3 Å². The van der Waals surface area contributed by atoms with Gasteiger partial charge in [-0.15, -0.1) is 0 Å². The van der Waals surface area contributed by atoms with Crippen LogP contribution in [0, 0.1) is 10.1 Å². The first-order chi connectivity index (χ1) is 9.45. The molecule has 3 amide bonds. The first-order valence-corrected chi connectivity index (χ1v) is 6.33. The number of hydrogen-bond donors (Lipinski definition) is 0. The van der Waals surface area contributed by atoms with Crippen molar-refractivity contribution in [2.45, 2.75) is 26.3 Å². The molecule has 0 aromatic heterocycles. The number of non-ortho nitro benzene ring substituents is 1. The molecule has 0 N–H and O–H groups in total. The summed E-state index contributed by atoms with van der Waals surface area (Å²) in [6, 6.07) is 4.88. The van der Waals surface area contributed by atoms with Gasteiger partial charge < -0.3 is 4.90 Å². The molecular formula is C13H15N3O4. The van der Waals surface area contributed by atoms with Crippen molar-refractivity contribution in [1.82, 2.24) is 4.90 Å². The molecule has 0 aliphatic carbocycles. The molecule has 1 aliphatic rings. The highest BCUT2D eigenvalue weighted by atomic mass is 16.6. The smallest absolute Gasteiger partial charge is 0.321 e. The van der Waals surface area contributed by atoms with Crippen molar-refractivity contribution >= 4 is 23.3 Å². The van der Waals surface area contributed by atoms with Crippen LogP contribution in [0.4, 0.5) is 16.2 Å². The molecule has 1 fully saturated rings. The molecule has 1 saturated heterocycles. The molecule has 7 nitrogen and oxygen atoms in total. The minimum Gasteiger partial charge on any atom is -0.321 e. The molecule has 0 spiro atoms. The van der Waals surface area contributed by atoms with Gasteiger partial charge in [-0.3, -0.25) is 14.9 Å². The van der Waals surface area contributed by atoms with E-state index < -0.39 is 4.92 Å². The third kappa shape index (κ3) is 2.34. The van der Waals surface area contributed by atoms with Crippen LogP contribution in [-0.2, 0) is 4.79 Å². The maximum Gasteiger partial charge on any atom is 0.331 e. The molecule has 1 heterocycles. The molecule has 0 bridgehead atoms. The molecule has 1 atom stereocenters. The Bertz CT molecular complexity index is 555. The van der Waals surface area contributed by atoms with E-state index in [1.807, 2.05) is 13.8 Å². The minimum absolute atomic E-state index is 0.0774. The van der Waals surface area contributed by atoms with Gasteiger partial charge in [-0.25, -0.2) is 9.69 Å². The Kier molecular flexibility index (Phi) is 3.69. The van der Waals surface area contributed by atoms with Gasteiger partial charge in [0.15, 0.2) is 0 Å². The summed E-state index contributed by atoms with van der Waals surface area (Å²) in [5.74, 6) is -0.291. The van der Waals surface area contributed by atoms with Crippen LogP contribution in [0.25, 0.3) is 0 Å². The Morgan fingerprint density at radius 2 is 1.90 bits per heavy atom. The number of imide groups is 1.